The lowest BCUT2D eigenvalue weighted by atomic mass is 10.2. The standard InChI is InChI=1S/C44H74NO7P/c1-6-8-10-12-14-16-18-20-22-24-26-28-30-32-34-36-39-49-41-43(42-51-53(47,48)50-40-38-45(3,4)5)52-44(46)37-35-33-31-29-27-25-23-21-19-17-15-13-11-9-7-2/h8-11,14-17,20-23,26-29,43H,6-7,12-13,18-19,24-25,30-42H2,1-5H3/b10-8-,11-9-,16-14-,17-15-,22-20-,23-21-,28-26-,29-27-. The number of quaternary nitrogens is 1. The monoisotopic (exact) mass is 760 g/mol. The summed E-state index contributed by atoms with van der Waals surface area (Å²) in [5, 5.41) is 0. The predicted octanol–water partition coefficient (Wildman–Crippen LogP) is 10.9. The van der Waals surface area contributed by atoms with Crippen molar-refractivity contribution in [3.63, 3.8) is 0 Å². The quantitative estimate of drug-likeness (QED) is 0.0209. The third-order valence-corrected chi connectivity index (χ3v) is 8.59. The molecule has 9 heteroatoms. The lowest BCUT2D eigenvalue weighted by Crippen LogP contribution is -2.37. The highest BCUT2D eigenvalue weighted by Crippen LogP contribution is 2.38. The molecule has 0 aromatic heterocycles. The van der Waals surface area contributed by atoms with Gasteiger partial charge in [-0.2, -0.15) is 0 Å². The second kappa shape index (κ2) is 36.4. The molecule has 0 aliphatic rings. The number of carbonyl (C=O) groups is 1. The minimum Gasteiger partial charge on any atom is -0.756 e. The lowest BCUT2D eigenvalue weighted by Gasteiger charge is -2.28. The summed E-state index contributed by atoms with van der Waals surface area (Å²) >= 11 is 0. The maximum Gasteiger partial charge on any atom is 0.306 e. The van der Waals surface area contributed by atoms with Crippen LogP contribution in [0.15, 0.2) is 97.2 Å². The first-order valence-corrected chi connectivity index (χ1v) is 21.4. The molecule has 8 nitrogen and oxygen atoms in total. The van der Waals surface area contributed by atoms with E-state index in [9.17, 15) is 14.3 Å². The van der Waals surface area contributed by atoms with Gasteiger partial charge in [0.25, 0.3) is 7.82 Å². The van der Waals surface area contributed by atoms with E-state index in [0.29, 0.717) is 24.1 Å². The molecule has 0 heterocycles. The molecular weight excluding hydrogens is 685 g/mol. The predicted molar refractivity (Wildman–Crippen MR) is 221 cm³/mol. The highest BCUT2D eigenvalue weighted by atomic mass is 31.2. The summed E-state index contributed by atoms with van der Waals surface area (Å²) in [6.45, 7) is 4.99. The second-order valence-corrected chi connectivity index (χ2v) is 15.3. The van der Waals surface area contributed by atoms with Gasteiger partial charge in [0.05, 0.1) is 34.4 Å². The zero-order valence-corrected chi connectivity index (χ0v) is 34.8. The number of likely N-dealkylation sites (N-methyl/N-ethyl adjacent to an activating group) is 1. The molecule has 53 heavy (non-hydrogen) atoms. The maximum absolute atomic E-state index is 12.6. The SMILES string of the molecule is CC/C=C\C/C=C\C/C=C\C/C=C\CCCCCOCC(COP(=O)([O-])OCC[N+](C)(C)C)OC(=O)CCCC/C=C\C/C=C\C/C=C\C/C=C\CC. The number of ether oxygens (including phenoxy) is 2. The molecule has 0 aromatic carbocycles. The van der Waals surface area contributed by atoms with Crippen LogP contribution in [0.4, 0.5) is 0 Å². The molecule has 0 aliphatic carbocycles. The second-order valence-electron chi connectivity index (χ2n) is 13.9. The van der Waals surface area contributed by atoms with Gasteiger partial charge in [0.1, 0.15) is 19.3 Å². The van der Waals surface area contributed by atoms with Gasteiger partial charge in [0, 0.05) is 13.0 Å². The summed E-state index contributed by atoms with van der Waals surface area (Å²) in [5.74, 6) is -0.392. The van der Waals surface area contributed by atoms with E-state index in [1.807, 2.05) is 21.1 Å². The van der Waals surface area contributed by atoms with Gasteiger partial charge in [-0.25, -0.2) is 0 Å². The molecule has 0 amide bonds. The highest BCUT2D eigenvalue weighted by molar-refractivity contribution is 7.45. The van der Waals surface area contributed by atoms with Crippen molar-refractivity contribution < 1.29 is 37.3 Å². The lowest BCUT2D eigenvalue weighted by molar-refractivity contribution is -0.870. The van der Waals surface area contributed by atoms with Gasteiger partial charge in [-0.1, -0.05) is 117 Å². The van der Waals surface area contributed by atoms with Crippen LogP contribution >= 0.6 is 7.82 Å². The van der Waals surface area contributed by atoms with Crippen LogP contribution in [0.25, 0.3) is 0 Å². The van der Waals surface area contributed by atoms with Gasteiger partial charge in [-0.05, 0) is 89.9 Å². The van der Waals surface area contributed by atoms with Crippen LogP contribution in [-0.2, 0) is 27.9 Å². The fraction of sp³-hybridized carbons (Fsp3) is 0.614. The number of carbonyl (C=O) groups excluding carboxylic acids is 1. The summed E-state index contributed by atoms with van der Waals surface area (Å²) in [7, 11) is 1.28. The van der Waals surface area contributed by atoms with E-state index in [2.05, 4.69) is 111 Å². The van der Waals surface area contributed by atoms with E-state index in [-0.39, 0.29) is 26.2 Å². The van der Waals surface area contributed by atoms with Gasteiger partial charge in [0.2, 0.25) is 0 Å². The van der Waals surface area contributed by atoms with Crippen LogP contribution in [-0.4, -0.2) is 70.7 Å². The van der Waals surface area contributed by atoms with E-state index < -0.39 is 19.9 Å². The van der Waals surface area contributed by atoms with E-state index in [1.54, 1.807) is 0 Å². The van der Waals surface area contributed by atoms with Crippen LogP contribution in [0.3, 0.4) is 0 Å². The molecule has 2 atom stereocenters. The molecule has 0 rings (SSSR count). The van der Waals surface area contributed by atoms with Crippen molar-refractivity contribution in [2.24, 2.45) is 0 Å². The van der Waals surface area contributed by atoms with E-state index >= 15 is 0 Å². The molecule has 0 saturated heterocycles. The number of nitrogens with zero attached hydrogens (tertiary/aromatic N) is 1. The molecule has 0 radical (unpaired) electrons. The van der Waals surface area contributed by atoms with Crippen LogP contribution in [0.5, 0.6) is 0 Å². The van der Waals surface area contributed by atoms with Gasteiger partial charge in [-0.15, -0.1) is 0 Å². The Morgan fingerprint density at radius 1 is 0.585 bits per heavy atom. The topological polar surface area (TPSA) is 94.1 Å². The Labute approximate surface area is 324 Å². The Morgan fingerprint density at radius 3 is 1.51 bits per heavy atom. The Morgan fingerprint density at radius 2 is 1.04 bits per heavy atom. The zero-order valence-electron chi connectivity index (χ0n) is 33.9. The first kappa shape index (κ1) is 50.4. The minimum absolute atomic E-state index is 0.00538. The maximum atomic E-state index is 12.6. The van der Waals surface area contributed by atoms with Gasteiger partial charge < -0.3 is 27.9 Å². The van der Waals surface area contributed by atoms with E-state index in [1.165, 1.54) is 0 Å². The molecule has 0 fully saturated rings. The summed E-state index contributed by atoms with van der Waals surface area (Å²) in [5.41, 5.74) is 0. The van der Waals surface area contributed by atoms with Crippen molar-refractivity contribution in [2.75, 3.05) is 54.1 Å². The van der Waals surface area contributed by atoms with Gasteiger partial charge >= 0.3 is 5.97 Å². The molecular formula is C44H74NO7P. The molecule has 0 aliphatic heterocycles. The van der Waals surface area contributed by atoms with Crippen molar-refractivity contribution in [3.05, 3.63) is 97.2 Å². The molecule has 0 saturated carbocycles. The minimum atomic E-state index is -4.55. The van der Waals surface area contributed by atoms with Crippen molar-refractivity contribution in [3.8, 4) is 0 Å². The smallest absolute Gasteiger partial charge is 0.306 e. The average molecular weight is 760 g/mol. The molecule has 0 spiro atoms. The molecule has 2 unspecified atom stereocenters. The van der Waals surface area contributed by atoms with Crippen LogP contribution in [0.1, 0.15) is 117 Å². The number of hydrogen-bond acceptors (Lipinski definition) is 7. The largest absolute Gasteiger partial charge is 0.756 e. The van der Waals surface area contributed by atoms with Crippen molar-refractivity contribution in [1.82, 2.24) is 0 Å². The van der Waals surface area contributed by atoms with E-state index in [4.69, 9.17) is 18.5 Å². The van der Waals surface area contributed by atoms with E-state index in [0.717, 1.165) is 89.9 Å². The fourth-order valence-corrected chi connectivity index (χ4v) is 5.31. The molecule has 0 N–H and O–H groups in total. The summed E-state index contributed by atoms with van der Waals surface area (Å²) in [4.78, 5) is 25.0. The Balaban J connectivity index is 4.45. The number of hydrogen-bond donors (Lipinski definition) is 0. The molecule has 302 valence electrons. The van der Waals surface area contributed by atoms with Crippen molar-refractivity contribution in [1.29, 1.82) is 0 Å². The van der Waals surface area contributed by atoms with Crippen LogP contribution < -0.4 is 4.89 Å². The number of unbranched alkanes of at least 4 members (excludes halogenated alkanes) is 5. The Hall–Kier alpha value is -2.58. The number of esters is 1. The third kappa shape index (κ3) is 40.4. The van der Waals surface area contributed by atoms with Crippen LogP contribution in [0, 0.1) is 0 Å². The van der Waals surface area contributed by atoms with Gasteiger partial charge in [0.15, 0.2) is 0 Å². The first-order chi connectivity index (χ1) is 25.6. The molecule has 0 aromatic rings. The number of rotatable bonds is 35. The summed E-state index contributed by atoms with van der Waals surface area (Å²) in [6, 6.07) is 0. The normalized spacial score (nSPS) is 14.9. The third-order valence-electron chi connectivity index (χ3n) is 7.63. The average Bonchev–Trinajstić information content (AvgIpc) is 3.11. The highest BCUT2D eigenvalue weighted by Gasteiger charge is 2.20. The van der Waals surface area contributed by atoms with Crippen molar-refractivity contribution >= 4 is 13.8 Å². The number of phosphoric acid groups is 1. The summed E-state index contributed by atoms with van der Waals surface area (Å²) < 4.78 is 34.4. The van der Waals surface area contributed by atoms with Crippen LogP contribution in [0.2, 0.25) is 0 Å². The fourth-order valence-electron chi connectivity index (χ4n) is 4.58. The Bertz CT molecular complexity index is 1160. The van der Waals surface area contributed by atoms with Crippen molar-refractivity contribution in [2.45, 2.75) is 123 Å². The Kier molecular flexibility index (Phi) is 34.6. The van der Waals surface area contributed by atoms with Gasteiger partial charge in [-0.3, -0.25) is 9.36 Å². The first-order valence-electron chi connectivity index (χ1n) is 20.0. The number of allylic oxidation sites excluding steroid dienone is 16. The summed E-state index contributed by atoms with van der Waals surface area (Å²) in [6.07, 6.45) is 48.6. The zero-order chi connectivity index (χ0) is 39.1. The number of phosphoric ester groups is 1. The molecule has 0 bridgehead atoms.